The van der Waals surface area contributed by atoms with Crippen molar-refractivity contribution in [1.82, 2.24) is 0 Å². The molecule has 0 aliphatic heterocycles. The molecule has 0 spiro atoms. The van der Waals surface area contributed by atoms with Gasteiger partial charge in [-0.2, -0.15) is 0 Å². The molecule has 3 heteroatoms. The number of halogens is 2. The summed E-state index contributed by atoms with van der Waals surface area (Å²) in [6.45, 7) is 2.05. The van der Waals surface area contributed by atoms with Crippen molar-refractivity contribution < 1.29 is 8.78 Å². The standard InChI is InChI=1S/C17H17F2N/c1-11-2-4-12(5-3-11)17(13-6-7-13)20-16-9-14(18)8-15(19)10-16/h2-5,8-10,13,17,20H,6-7H2,1H3. The number of anilines is 1. The summed E-state index contributed by atoms with van der Waals surface area (Å²) in [4.78, 5) is 0. The SMILES string of the molecule is Cc1ccc(C(Nc2cc(F)cc(F)c2)C2CC2)cc1. The number of benzene rings is 2. The lowest BCUT2D eigenvalue weighted by molar-refractivity contribution is 0.582. The van der Waals surface area contributed by atoms with Crippen molar-refractivity contribution in [3.63, 3.8) is 0 Å². The van der Waals surface area contributed by atoms with Crippen molar-refractivity contribution in [3.8, 4) is 0 Å². The maximum Gasteiger partial charge on any atom is 0.128 e. The Labute approximate surface area is 117 Å². The van der Waals surface area contributed by atoms with E-state index in [1.54, 1.807) is 0 Å². The maximum atomic E-state index is 13.3. The third-order valence-electron chi connectivity index (χ3n) is 3.71. The quantitative estimate of drug-likeness (QED) is 0.840. The molecule has 2 aromatic carbocycles. The molecule has 0 bridgehead atoms. The van der Waals surface area contributed by atoms with Crippen LogP contribution in [0.15, 0.2) is 42.5 Å². The summed E-state index contributed by atoms with van der Waals surface area (Å²) in [6, 6.07) is 12.0. The Morgan fingerprint density at radius 2 is 1.60 bits per heavy atom. The number of aryl methyl sites for hydroxylation is 1. The van der Waals surface area contributed by atoms with Gasteiger partial charge >= 0.3 is 0 Å². The van der Waals surface area contributed by atoms with E-state index in [1.807, 2.05) is 6.92 Å². The van der Waals surface area contributed by atoms with E-state index in [2.05, 4.69) is 29.6 Å². The van der Waals surface area contributed by atoms with Gasteiger partial charge in [-0.05, 0) is 43.4 Å². The first kappa shape index (κ1) is 13.1. The first-order chi connectivity index (χ1) is 9.61. The molecular formula is C17H17F2N. The van der Waals surface area contributed by atoms with E-state index in [1.165, 1.54) is 23.3 Å². The molecule has 1 unspecified atom stereocenters. The van der Waals surface area contributed by atoms with Gasteiger partial charge < -0.3 is 5.32 Å². The molecule has 1 fully saturated rings. The van der Waals surface area contributed by atoms with Crippen molar-refractivity contribution >= 4 is 5.69 Å². The number of hydrogen-bond donors (Lipinski definition) is 1. The van der Waals surface area contributed by atoms with Gasteiger partial charge in [0, 0.05) is 11.8 Å². The van der Waals surface area contributed by atoms with Crippen LogP contribution in [0.25, 0.3) is 0 Å². The molecule has 0 aromatic heterocycles. The molecular weight excluding hydrogens is 256 g/mol. The van der Waals surface area contributed by atoms with Gasteiger partial charge in [0.1, 0.15) is 11.6 Å². The van der Waals surface area contributed by atoms with Gasteiger partial charge in [0.25, 0.3) is 0 Å². The fourth-order valence-corrected chi connectivity index (χ4v) is 2.49. The second-order valence-corrected chi connectivity index (χ2v) is 5.53. The van der Waals surface area contributed by atoms with Crippen molar-refractivity contribution in [2.45, 2.75) is 25.8 Å². The zero-order valence-electron chi connectivity index (χ0n) is 11.4. The first-order valence-corrected chi connectivity index (χ1v) is 6.91. The molecule has 1 N–H and O–H groups in total. The van der Waals surface area contributed by atoms with E-state index in [0.29, 0.717) is 11.6 Å². The highest BCUT2D eigenvalue weighted by Crippen LogP contribution is 2.43. The molecule has 1 aliphatic rings. The second kappa shape index (κ2) is 5.23. The average molecular weight is 273 g/mol. The zero-order valence-corrected chi connectivity index (χ0v) is 11.4. The summed E-state index contributed by atoms with van der Waals surface area (Å²) in [5.74, 6) is -0.555. The maximum absolute atomic E-state index is 13.3. The summed E-state index contributed by atoms with van der Waals surface area (Å²) in [5.41, 5.74) is 2.88. The molecule has 1 nitrogen and oxygen atoms in total. The van der Waals surface area contributed by atoms with Crippen LogP contribution in [-0.2, 0) is 0 Å². The summed E-state index contributed by atoms with van der Waals surface area (Å²) in [7, 11) is 0. The first-order valence-electron chi connectivity index (χ1n) is 6.91. The Morgan fingerprint density at radius 3 is 2.15 bits per heavy atom. The lowest BCUT2D eigenvalue weighted by Crippen LogP contribution is -2.13. The largest absolute Gasteiger partial charge is 0.378 e. The Hall–Kier alpha value is -1.90. The smallest absolute Gasteiger partial charge is 0.128 e. The third-order valence-corrected chi connectivity index (χ3v) is 3.71. The number of rotatable bonds is 4. The predicted octanol–water partition coefficient (Wildman–Crippen LogP) is 4.84. The van der Waals surface area contributed by atoms with Crippen molar-refractivity contribution in [1.29, 1.82) is 0 Å². The van der Waals surface area contributed by atoms with Gasteiger partial charge in [-0.25, -0.2) is 8.78 Å². The van der Waals surface area contributed by atoms with E-state index < -0.39 is 11.6 Å². The molecule has 1 saturated carbocycles. The lowest BCUT2D eigenvalue weighted by atomic mass is 10.0. The molecule has 0 radical (unpaired) electrons. The lowest BCUT2D eigenvalue weighted by Gasteiger charge is -2.20. The number of hydrogen-bond acceptors (Lipinski definition) is 1. The topological polar surface area (TPSA) is 12.0 Å². The third kappa shape index (κ3) is 2.98. The van der Waals surface area contributed by atoms with Crippen LogP contribution in [0.5, 0.6) is 0 Å². The highest BCUT2D eigenvalue weighted by molar-refractivity contribution is 5.47. The van der Waals surface area contributed by atoms with Gasteiger partial charge in [-0.1, -0.05) is 29.8 Å². The summed E-state index contributed by atoms with van der Waals surface area (Å²) in [5, 5.41) is 3.28. The highest BCUT2D eigenvalue weighted by Gasteiger charge is 2.32. The van der Waals surface area contributed by atoms with Crippen LogP contribution in [0.3, 0.4) is 0 Å². The average Bonchev–Trinajstić information content (AvgIpc) is 3.20. The monoisotopic (exact) mass is 273 g/mol. The molecule has 1 aliphatic carbocycles. The second-order valence-electron chi connectivity index (χ2n) is 5.53. The predicted molar refractivity (Wildman–Crippen MR) is 76.6 cm³/mol. The van der Waals surface area contributed by atoms with Crippen LogP contribution in [0.1, 0.15) is 30.0 Å². The molecule has 0 heterocycles. The van der Waals surface area contributed by atoms with Crippen LogP contribution in [-0.4, -0.2) is 0 Å². The van der Waals surface area contributed by atoms with E-state index in [0.717, 1.165) is 18.9 Å². The Balaban J connectivity index is 1.86. The number of nitrogens with one attached hydrogen (secondary N) is 1. The van der Waals surface area contributed by atoms with Gasteiger partial charge in [0.15, 0.2) is 0 Å². The fraction of sp³-hybridized carbons (Fsp3) is 0.294. The normalized spacial score (nSPS) is 15.9. The molecule has 20 heavy (non-hydrogen) atoms. The van der Waals surface area contributed by atoms with E-state index in [-0.39, 0.29) is 6.04 Å². The van der Waals surface area contributed by atoms with Gasteiger partial charge in [0.05, 0.1) is 6.04 Å². The van der Waals surface area contributed by atoms with Crippen molar-refractivity contribution in [2.24, 2.45) is 5.92 Å². The van der Waals surface area contributed by atoms with Crippen LogP contribution in [0.2, 0.25) is 0 Å². The zero-order chi connectivity index (χ0) is 14.1. The van der Waals surface area contributed by atoms with Gasteiger partial charge in [-0.15, -0.1) is 0 Å². The van der Waals surface area contributed by atoms with E-state index in [9.17, 15) is 8.78 Å². The molecule has 0 saturated heterocycles. The van der Waals surface area contributed by atoms with Gasteiger partial charge in [0.2, 0.25) is 0 Å². The molecule has 1 atom stereocenters. The highest BCUT2D eigenvalue weighted by atomic mass is 19.1. The minimum absolute atomic E-state index is 0.122. The summed E-state index contributed by atoms with van der Waals surface area (Å²) >= 11 is 0. The van der Waals surface area contributed by atoms with E-state index >= 15 is 0 Å². The van der Waals surface area contributed by atoms with Crippen LogP contribution in [0.4, 0.5) is 14.5 Å². The van der Waals surface area contributed by atoms with Gasteiger partial charge in [-0.3, -0.25) is 0 Å². The summed E-state index contributed by atoms with van der Waals surface area (Å²) < 4.78 is 26.5. The molecule has 3 rings (SSSR count). The van der Waals surface area contributed by atoms with Crippen molar-refractivity contribution in [3.05, 3.63) is 65.2 Å². The minimum Gasteiger partial charge on any atom is -0.378 e. The molecule has 104 valence electrons. The Morgan fingerprint density at radius 1 is 1.00 bits per heavy atom. The Bertz CT molecular complexity index is 583. The minimum atomic E-state index is -0.550. The van der Waals surface area contributed by atoms with E-state index in [4.69, 9.17) is 0 Å². The van der Waals surface area contributed by atoms with Crippen LogP contribution >= 0.6 is 0 Å². The van der Waals surface area contributed by atoms with Crippen molar-refractivity contribution in [2.75, 3.05) is 5.32 Å². The van der Waals surface area contributed by atoms with Crippen LogP contribution in [0, 0.1) is 24.5 Å². The summed E-state index contributed by atoms with van der Waals surface area (Å²) in [6.07, 6.45) is 2.31. The molecule has 2 aromatic rings. The fourth-order valence-electron chi connectivity index (χ4n) is 2.49. The Kier molecular flexibility index (Phi) is 3.43. The van der Waals surface area contributed by atoms with Crippen LogP contribution < -0.4 is 5.32 Å². The molecule has 0 amide bonds.